The minimum Gasteiger partial charge on any atom is -0.383 e. The van der Waals surface area contributed by atoms with Gasteiger partial charge in [-0.05, 0) is 61.7 Å². The number of aliphatic hydroxyl groups is 1. The van der Waals surface area contributed by atoms with Gasteiger partial charge < -0.3 is 21.1 Å². The van der Waals surface area contributed by atoms with Crippen molar-refractivity contribution in [2.75, 3.05) is 6.54 Å². The summed E-state index contributed by atoms with van der Waals surface area (Å²) < 4.78 is 0. The first-order valence-corrected chi connectivity index (χ1v) is 15.0. The molecular formula is C31H49N3O6. The van der Waals surface area contributed by atoms with Gasteiger partial charge in [0.1, 0.15) is 11.6 Å². The number of likely N-dealkylation sites (tertiary alicyclic amines) is 1. The molecule has 9 heteroatoms. The molecule has 40 heavy (non-hydrogen) atoms. The summed E-state index contributed by atoms with van der Waals surface area (Å²) in [6.07, 6.45) is 6.87. The molecule has 9 nitrogen and oxygen atoms in total. The van der Waals surface area contributed by atoms with Crippen LogP contribution < -0.4 is 11.1 Å². The van der Waals surface area contributed by atoms with E-state index in [4.69, 9.17) is 5.73 Å². The van der Waals surface area contributed by atoms with Crippen LogP contribution in [-0.4, -0.2) is 63.5 Å². The zero-order valence-electron chi connectivity index (χ0n) is 25.4. The van der Waals surface area contributed by atoms with E-state index in [2.05, 4.69) is 19.2 Å². The van der Waals surface area contributed by atoms with Gasteiger partial charge in [0.15, 0.2) is 5.78 Å². The Morgan fingerprint density at radius 2 is 1.60 bits per heavy atom. The maximum Gasteiger partial charge on any atom is 0.287 e. The predicted molar refractivity (Wildman–Crippen MR) is 150 cm³/mol. The van der Waals surface area contributed by atoms with Gasteiger partial charge in [-0.1, -0.05) is 60.3 Å². The molecule has 4 aliphatic rings. The van der Waals surface area contributed by atoms with Crippen LogP contribution in [0, 0.1) is 33.5 Å². The van der Waals surface area contributed by atoms with Gasteiger partial charge in [-0.15, -0.1) is 0 Å². The minimum absolute atomic E-state index is 0.0552. The first-order chi connectivity index (χ1) is 18.3. The van der Waals surface area contributed by atoms with E-state index in [1.54, 1.807) is 4.90 Å². The van der Waals surface area contributed by atoms with Crippen LogP contribution in [0.25, 0.3) is 0 Å². The number of Topliss-reactive ketones (excluding diaryl/α,β-unsaturated/α-hetero) is 2. The van der Waals surface area contributed by atoms with Crippen LogP contribution in [0.2, 0.25) is 0 Å². The first-order valence-electron chi connectivity index (χ1n) is 15.0. The quantitative estimate of drug-likeness (QED) is 0.351. The fourth-order valence-electron chi connectivity index (χ4n) is 8.20. The second-order valence-corrected chi connectivity index (χ2v) is 15.3. The third kappa shape index (κ3) is 4.80. The van der Waals surface area contributed by atoms with Gasteiger partial charge in [0.2, 0.25) is 17.6 Å². The molecule has 1 heterocycles. The molecule has 0 bridgehead atoms. The molecule has 4 atom stereocenters. The largest absolute Gasteiger partial charge is 0.383 e. The van der Waals surface area contributed by atoms with E-state index in [1.807, 2.05) is 20.8 Å². The molecule has 1 saturated heterocycles. The van der Waals surface area contributed by atoms with E-state index in [0.29, 0.717) is 19.4 Å². The molecule has 0 aromatic heterocycles. The Bertz CT molecular complexity index is 1090. The summed E-state index contributed by atoms with van der Waals surface area (Å²) in [5.41, 5.74) is 2.95. The smallest absolute Gasteiger partial charge is 0.287 e. The molecule has 0 aromatic carbocycles. The summed E-state index contributed by atoms with van der Waals surface area (Å²) in [7, 11) is 0. The third-order valence-corrected chi connectivity index (χ3v) is 11.5. The summed E-state index contributed by atoms with van der Waals surface area (Å²) in [6.45, 7) is 13.4. The fraction of sp³-hybridized carbons (Fsp3) is 0.839. The highest BCUT2D eigenvalue weighted by Gasteiger charge is 2.85. The van der Waals surface area contributed by atoms with Gasteiger partial charge in [0, 0.05) is 24.3 Å². The Morgan fingerprint density at radius 3 is 2.00 bits per heavy atom. The van der Waals surface area contributed by atoms with Crippen molar-refractivity contribution in [1.82, 2.24) is 10.2 Å². The summed E-state index contributed by atoms with van der Waals surface area (Å²) in [5, 5.41) is 13.2. The van der Waals surface area contributed by atoms with Crippen LogP contribution in [0.4, 0.5) is 0 Å². The highest BCUT2D eigenvalue weighted by molar-refractivity contribution is 6.37. The minimum atomic E-state index is -1.58. The SMILES string of the molecule is CC(C)(O)C(=O)C[C@H](C(=O)N1C[C@]2(C[C@H]1C(=O)NC(CC1CCC1)C(=O)C(N)=O)C(C)(C)C21CCC1)C(C)(C)C. The van der Waals surface area contributed by atoms with Gasteiger partial charge in [-0.25, -0.2) is 0 Å². The number of hydrogen-bond acceptors (Lipinski definition) is 6. The molecule has 3 aliphatic carbocycles. The maximum absolute atomic E-state index is 14.3. The number of carbonyl (C=O) groups is 5. The summed E-state index contributed by atoms with van der Waals surface area (Å²) in [4.78, 5) is 67.4. The molecule has 4 rings (SSSR count). The second kappa shape index (κ2) is 9.92. The van der Waals surface area contributed by atoms with E-state index in [0.717, 1.165) is 38.5 Å². The van der Waals surface area contributed by atoms with Crippen LogP contribution in [0.3, 0.4) is 0 Å². The molecule has 1 unspecified atom stereocenters. The number of nitrogens with zero attached hydrogens (tertiary/aromatic N) is 1. The molecule has 0 radical (unpaired) electrons. The molecular weight excluding hydrogens is 510 g/mol. The number of fused-ring (bicyclic) bond motifs is 1. The Hall–Kier alpha value is -2.29. The normalized spacial score (nSPS) is 28.4. The zero-order valence-corrected chi connectivity index (χ0v) is 25.4. The number of carbonyl (C=O) groups excluding carboxylic acids is 5. The number of ketones is 2. The Morgan fingerprint density at radius 1 is 1.00 bits per heavy atom. The monoisotopic (exact) mass is 559 g/mol. The third-order valence-electron chi connectivity index (χ3n) is 11.5. The first kappa shape index (κ1) is 30.7. The van der Waals surface area contributed by atoms with Crippen LogP contribution in [-0.2, 0) is 24.0 Å². The summed E-state index contributed by atoms with van der Waals surface area (Å²) >= 11 is 0. The Kier molecular flexibility index (Phi) is 7.60. The van der Waals surface area contributed by atoms with Gasteiger partial charge in [0.05, 0.1) is 6.04 Å². The van der Waals surface area contributed by atoms with Gasteiger partial charge in [-0.2, -0.15) is 0 Å². The van der Waals surface area contributed by atoms with Crippen molar-refractivity contribution in [2.24, 2.45) is 39.2 Å². The standard InChI is InChI=1S/C31H49N3O6/c1-27(2,3)19(15-22(35)28(4,5)40)26(39)34-17-31(29(6,7)30(31)12-9-13-30)16-21(34)25(38)33-20(23(36)24(32)37)14-18-10-8-11-18/h18-21,40H,8-17H2,1-7H3,(H2,32,37)(H,33,38)/t19-,20?,21+,31-/m1/s1. The average Bonchev–Trinajstić information content (AvgIpc) is 3.02. The molecule has 224 valence electrons. The van der Waals surface area contributed by atoms with E-state index in [9.17, 15) is 29.1 Å². The number of hydrogen-bond donors (Lipinski definition) is 3. The summed E-state index contributed by atoms with van der Waals surface area (Å²) in [6, 6.07) is -1.83. The molecule has 0 aromatic rings. The van der Waals surface area contributed by atoms with Gasteiger partial charge in [-0.3, -0.25) is 24.0 Å². The van der Waals surface area contributed by atoms with Gasteiger partial charge >= 0.3 is 0 Å². The van der Waals surface area contributed by atoms with Crippen molar-refractivity contribution in [1.29, 1.82) is 0 Å². The van der Waals surface area contributed by atoms with Crippen LogP contribution in [0.5, 0.6) is 0 Å². The lowest BCUT2D eigenvalue weighted by Gasteiger charge is -2.36. The second-order valence-electron chi connectivity index (χ2n) is 15.3. The number of amides is 3. The van der Waals surface area contributed by atoms with Crippen molar-refractivity contribution >= 4 is 29.3 Å². The maximum atomic E-state index is 14.3. The van der Waals surface area contributed by atoms with E-state index < -0.39 is 52.4 Å². The number of rotatable bonds is 10. The lowest BCUT2D eigenvalue weighted by molar-refractivity contribution is -0.149. The van der Waals surface area contributed by atoms with E-state index in [1.165, 1.54) is 13.8 Å². The van der Waals surface area contributed by atoms with Gasteiger partial charge in [0.25, 0.3) is 5.91 Å². The van der Waals surface area contributed by atoms with Crippen LogP contribution in [0.15, 0.2) is 0 Å². The van der Waals surface area contributed by atoms with Crippen LogP contribution >= 0.6 is 0 Å². The predicted octanol–water partition coefficient (Wildman–Crippen LogP) is 2.91. The molecule has 4 fully saturated rings. The molecule has 1 aliphatic heterocycles. The molecule has 3 saturated carbocycles. The zero-order chi connectivity index (χ0) is 30.1. The molecule has 3 amide bonds. The van der Waals surface area contributed by atoms with E-state index >= 15 is 0 Å². The Labute approximate surface area is 238 Å². The van der Waals surface area contributed by atoms with Crippen molar-refractivity contribution in [3.63, 3.8) is 0 Å². The topological polar surface area (TPSA) is 147 Å². The van der Waals surface area contributed by atoms with Crippen molar-refractivity contribution in [3.05, 3.63) is 0 Å². The fourth-order valence-corrected chi connectivity index (χ4v) is 8.20. The van der Waals surface area contributed by atoms with E-state index in [-0.39, 0.29) is 34.5 Å². The number of primary amides is 1. The Balaban J connectivity index is 1.65. The van der Waals surface area contributed by atoms with Crippen LogP contribution in [0.1, 0.15) is 106 Å². The highest BCUT2D eigenvalue weighted by Crippen LogP contribution is 2.88. The molecule has 4 N–H and O–H groups in total. The lowest BCUT2D eigenvalue weighted by Crippen LogP contribution is -2.55. The highest BCUT2D eigenvalue weighted by atomic mass is 16.3. The number of nitrogens with two attached hydrogens (primary N) is 1. The summed E-state index contributed by atoms with van der Waals surface area (Å²) in [5.74, 6) is -3.52. The lowest BCUT2D eigenvalue weighted by atomic mass is 9.73. The van der Waals surface area contributed by atoms with Crippen molar-refractivity contribution in [2.45, 2.75) is 124 Å². The van der Waals surface area contributed by atoms with Crippen molar-refractivity contribution < 1.29 is 29.1 Å². The molecule has 2 spiro atoms. The number of nitrogens with one attached hydrogen (secondary N) is 1. The average molecular weight is 560 g/mol. The van der Waals surface area contributed by atoms with Crippen molar-refractivity contribution in [3.8, 4) is 0 Å².